The van der Waals surface area contributed by atoms with Crippen LogP contribution in [0.3, 0.4) is 0 Å². The maximum absolute atomic E-state index is 9.70. The van der Waals surface area contributed by atoms with E-state index in [1.807, 2.05) is 37.6 Å². The molecule has 2 aromatic heterocycles. The molecule has 1 N–H and O–H groups in total. The molecule has 0 saturated carbocycles. The zero-order valence-electron chi connectivity index (χ0n) is 10.7. The van der Waals surface area contributed by atoms with Gasteiger partial charge in [-0.05, 0) is 48.3 Å². The fourth-order valence-electron chi connectivity index (χ4n) is 1.80. The lowest BCUT2D eigenvalue weighted by Gasteiger charge is -2.08. The topological polar surface area (TPSA) is 50.9 Å². The highest BCUT2D eigenvalue weighted by atomic mass is 79.9. The Morgan fingerprint density at radius 1 is 1.39 bits per heavy atom. The van der Waals surface area contributed by atoms with Crippen LogP contribution in [-0.2, 0) is 0 Å². The quantitative estimate of drug-likeness (QED) is 0.948. The molecule has 1 atom stereocenters. The van der Waals surface area contributed by atoms with Gasteiger partial charge in [-0.3, -0.25) is 4.98 Å². The van der Waals surface area contributed by atoms with Gasteiger partial charge in [0.25, 0.3) is 0 Å². The van der Waals surface area contributed by atoms with Crippen LogP contribution in [0.25, 0.3) is 5.69 Å². The highest BCUT2D eigenvalue weighted by Crippen LogP contribution is 2.23. The first-order valence-electron chi connectivity index (χ1n) is 5.90. The maximum atomic E-state index is 9.70. The third kappa shape index (κ3) is 2.33. The molecule has 18 heavy (non-hydrogen) atoms. The van der Waals surface area contributed by atoms with Crippen LogP contribution in [-0.4, -0.2) is 19.9 Å². The number of aliphatic hydroxyl groups excluding tert-OH is 1. The Bertz CT molecular complexity index is 548. The monoisotopic (exact) mass is 309 g/mol. The van der Waals surface area contributed by atoms with Crippen molar-refractivity contribution in [2.24, 2.45) is 0 Å². The summed E-state index contributed by atoms with van der Waals surface area (Å²) in [4.78, 5) is 4.28. The van der Waals surface area contributed by atoms with Crippen LogP contribution in [0.15, 0.2) is 22.8 Å². The molecule has 0 aliphatic heterocycles. The van der Waals surface area contributed by atoms with E-state index in [-0.39, 0.29) is 0 Å². The number of halogens is 1. The van der Waals surface area contributed by atoms with Gasteiger partial charge in [0.15, 0.2) is 0 Å². The summed E-state index contributed by atoms with van der Waals surface area (Å²) in [7, 11) is 0. The van der Waals surface area contributed by atoms with E-state index in [9.17, 15) is 5.11 Å². The number of aryl methyl sites for hydroxylation is 1. The molecule has 0 aliphatic rings. The van der Waals surface area contributed by atoms with E-state index in [1.54, 1.807) is 6.20 Å². The zero-order chi connectivity index (χ0) is 13.3. The lowest BCUT2D eigenvalue weighted by molar-refractivity contribution is 0.169. The highest BCUT2D eigenvalue weighted by molar-refractivity contribution is 9.10. The van der Waals surface area contributed by atoms with Crippen LogP contribution in [0.4, 0.5) is 0 Å². The number of hydrogen-bond donors (Lipinski definition) is 1. The van der Waals surface area contributed by atoms with E-state index >= 15 is 0 Å². The fraction of sp³-hybridized carbons (Fsp3) is 0.385. The predicted octanol–water partition coefficient (Wildman–Crippen LogP) is 3.09. The van der Waals surface area contributed by atoms with E-state index in [4.69, 9.17) is 0 Å². The molecular formula is C13H16BrN3O. The minimum Gasteiger partial charge on any atom is -0.387 e. The summed E-state index contributed by atoms with van der Waals surface area (Å²) in [6, 6.07) is 3.76. The van der Waals surface area contributed by atoms with E-state index < -0.39 is 6.10 Å². The summed E-state index contributed by atoms with van der Waals surface area (Å²) >= 11 is 3.50. The summed E-state index contributed by atoms with van der Waals surface area (Å²) in [6.45, 7) is 5.88. The van der Waals surface area contributed by atoms with Crippen LogP contribution in [0.5, 0.6) is 0 Å². The molecule has 2 heterocycles. The molecule has 0 aromatic carbocycles. The molecule has 5 heteroatoms. The second-order valence-corrected chi connectivity index (χ2v) is 5.05. The molecular weight excluding hydrogens is 294 g/mol. The minimum absolute atomic E-state index is 0.494. The van der Waals surface area contributed by atoms with Gasteiger partial charge in [-0.1, -0.05) is 6.92 Å². The van der Waals surface area contributed by atoms with E-state index in [0.29, 0.717) is 12.1 Å². The van der Waals surface area contributed by atoms with Crippen LogP contribution < -0.4 is 0 Å². The minimum atomic E-state index is -0.494. The SMILES string of the molecule is CC[C@@H](O)c1ccc(-n2nc(C)c(Br)c2C)cn1. The average molecular weight is 310 g/mol. The summed E-state index contributed by atoms with van der Waals surface area (Å²) < 4.78 is 2.86. The number of nitrogens with zero attached hydrogens (tertiary/aromatic N) is 3. The van der Waals surface area contributed by atoms with E-state index in [0.717, 1.165) is 21.5 Å². The number of pyridine rings is 1. The summed E-state index contributed by atoms with van der Waals surface area (Å²) in [5.41, 5.74) is 3.58. The van der Waals surface area contributed by atoms with Crippen molar-refractivity contribution in [1.82, 2.24) is 14.8 Å². The molecule has 0 saturated heterocycles. The molecule has 96 valence electrons. The second-order valence-electron chi connectivity index (χ2n) is 4.26. The lowest BCUT2D eigenvalue weighted by atomic mass is 10.2. The second kappa shape index (κ2) is 5.20. The van der Waals surface area contributed by atoms with Gasteiger partial charge in [-0.25, -0.2) is 4.68 Å². The van der Waals surface area contributed by atoms with E-state index in [1.165, 1.54) is 0 Å². The summed E-state index contributed by atoms with van der Waals surface area (Å²) in [6.07, 6.45) is 1.91. The third-order valence-electron chi connectivity index (χ3n) is 2.95. The smallest absolute Gasteiger partial charge is 0.0957 e. The van der Waals surface area contributed by atoms with Crippen LogP contribution in [0, 0.1) is 13.8 Å². The standard InChI is InChI=1S/C13H16BrN3O/c1-4-12(18)11-6-5-10(7-15-11)17-9(3)13(14)8(2)16-17/h5-7,12,18H,4H2,1-3H3/t12-/m1/s1. The largest absolute Gasteiger partial charge is 0.387 e. The Balaban J connectivity index is 2.37. The lowest BCUT2D eigenvalue weighted by Crippen LogP contribution is -2.03. The third-order valence-corrected chi connectivity index (χ3v) is 4.09. The number of rotatable bonds is 3. The van der Waals surface area contributed by atoms with Gasteiger partial charge < -0.3 is 5.11 Å². The summed E-state index contributed by atoms with van der Waals surface area (Å²) in [5, 5.41) is 14.1. The molecule has 0 fully saturated rings. The van der Waals surface area contributed by atoms with Crippen molar-refractivity contribution in [2.75, 3.05) is 0 Å². The summed E-state index contributed by atoms with van der Waals surface area (Å²) in [5.74, 6) is 0. The van der Waals surface area contributed by atoms with Crippen LogP contribution in [0.2, 0.25) is 0 Å². The van der Waals surface area contributed by atoms with Crippen LogP contribution in [0.1, 0.15) is 36.5 Å². The normalized spacial score (nSPS) is 12.7. The first kappa shape index (κ1) is 13.2. The molecule has 2 aromatic rings. The van der Waals surface area contributed by atoms with Crippen molar-refractivity contribution in [2.45, 2.75) is 33.3 Å². The molecule has 0 bridgehead atoms. The van der Waals surface area contributed by atoms with E-state index in [2.05, 4.69) is 26.0 Å². The number of aliphatic hydroxyl groups is 1. The average Bonchev–Trinajstić information content (AvgIpc) is 2.66. The molecule has 2 rings (SSSR count). The highest BCUT2D eigenvalue weighted by Gasteiger charge is 2.11. The fourth-order valence-corrected chi connectivity index (χ4v) is 2.05. The van der Waals surface area contributed by atoms with Crippen molar-refractivity contribution < 1.29 is 5.11 Å². The first-order chi connectivity index (χ1) is 8.54. The Hall–Kier alpha value is -1.20. The molecule has 0 unspecified atom stereocenters. The Labute approximate surface area is 115 Å². The van der Waals surface area contributed by atoms with Gasteiger partial charge >= 0.3 is 0 Å². The first-order valence-corrected chi connectivity index (χ1v) is 6.70. The molecule has 0 radical (unpaired) electrons. The Kier molecular flexibility index (Phi) is 3.82. The van der Waals surface area contributed by atoms with Crippen molar-refractivity contribution in [1.29, 1.82) is 0 Å². The molecule has 0 spiro atoms. The Morgan fingerprint density at radius 2 is 2.11 bits per heavy atom. The predicted molar refractivity (Wildman–Crippen MR) is 73.8 cm³/mol. The molecule has 0 aliphatic carbocycles. The van der Waals surface area contributed by atoms with Gasteiger partial charge in [-0.15, -0.1) is 0 Å². The van der Waals surface area contributed by atoms with Gasteiger partial charge in [0.1, 0.15) is 0 Å². The number of aromatic nitrogens is 3. The maximum Gasteiger partial charge on any atom is 0.0957 e. The Morgan fingerprint density at radius 3 is 2.56 bits per heavy atom. The zero-order valence-corrected chi connectivity index (χ0v) is 12.3. The van der Waals surface area contributed by atoms with Gasteiger partial charge in [0.2, 0.25) is 0 Å². The van der Waals surface area contributed by atoms with Gasteiger partial charge in [-0.2, -0.15) is 5.10 Å². The van der Waals surface area contributed by atoms with Gasteiger partial charge in [0, 0.05) is 0 Å². The van der Waals surface area contributed by atoms with Crippen LogP contribution >= 0.6 is 15.9 Å². The van der Waals surface area contributed by atoms with Crippen molar-refractivity contribution in [3.05, 3.63) is 39.9 Å². The van der Waals surface area contributed by atoms with Crippen molar-refractivity contribution in [3.8, 4) is 5.69 Å². The van der Waals surface area contributed by atoms with Crippen molar-refractivity contribution >= 4 is 15.9 Å². The molecule has 4 nitrogen and oxygen atoms in total. The van der Waals surface area contributed by atoms with Gasteiger partial charge in [0.05, 0.1) is 39.5 Å². The van der Waals surface area contributed by atoms with Crippen molar-refractivity contribution in [3.63, 3.8) is 0 Å². The molecule has 0 amide bonds. The number of hydrogen-bond acceptors (Lipinski definition) is 3.